The second kappa shape index (κ2) is 10.7. The van der Waals surface area contributed by atoms with E-state index >= 15 is 0 Å². The van der Waals surface area contributed by atoms with Crippen molar-refractivity contribution in [1.82, 2.24) is 10.6 Å². The number of nitrogens with zero attached hydrogens (tertiary/aromatic N) is 1. The lowest BCUT2D eigenvalue weighted by atomic mass is 10.9. The third kappa shape index (κ3) is 7.71. The highest BCUT2D eigenvalue weighted by atomic mass is 32.3. The van der Waals surface area contributed by atoms with Crippen LogP contribution in [-0.2, 0) is 14.2 Å². The summed E-state index contributed by atoms with van der Waals surface area (Å²) in [5.41, 5.74) is 0. The summed E-state index contributed by atoms with van der Waals surface area (Å²) in [7, 11) is 0. The highest BCUT2D eigenvalue weighted by Crippen LogP contribution is 2.58. The lowest BCUT2D eigenvalue weighted by Crippen LogP contribution is -2.49. The molecule has 13 heteroatoms. The topological polar surface area (TPSA) is 115 Å². The summed E-state index contributed by atoms with van der Waals surface area (Å²) in [5.74, 6) is 0. The van der Waals surface area contributed by atoms with Gasteiger partial charge in [0.05, 0.1) is 19.8 Å². The van der Waals surface area contributed by atoms with Crippen molar-refractivity contribution < 1.29 is 28.6 Å². The van der Waals surface area contributed by atoms with Crippen LogP contribution >= 0.6 is 47.5 Å². The van der Waals surface area contributed by atoms with Gasteiger partial charge in [-0.15, -0.1) is 0 Å². The molecule has 0 aromatic heterocycles. The van der Waals surface area contributed by atoms with Crippen LogP contribution in [0.3, 0.4) is 0 Å². The molecule has 1 heterocycles. The van der Waals surface area contributed by atoms with Crippen LogP contribution in [0.2, 0.25) is 0 Å². The van der Waals surface area contributed by atoms with Gasteiger partial charge in [0, 0.05) is 0 Å². The van der Waals surface area contributed by atoms with Gasteiger partial charge in [-0.2, -0.15) is 4.99 Å². The average molecular weight is 428 g/mol. The van der Waals surface area contributed by atoms with Crippen LogP contribution in [0.25, 0.3) is 0 Å². The third-order valence-corrected chi connectivity index (χ3v) is 6.41. The van der Waals surface area contributed by atoms with Crippen molar-refractivity contribution in [2.75, 3.05) is 19.8 Å². The maximum atomic E-state index is 11.7. The molecule has 0 aromatic carbocycles. The number of ether oxygens (including phenoxy) is 3. The summed E-state index contributed by atoms with van der Waals surface area (Å²) in [4.78, 5) is 38.2. The summed E-state index contributed by atoms with van der Waals surface area (Å²) < 4.78 is 13.8. The Morgan fingerprint density at radius 2 is 1.64 bits per heavy atom. The molecule has 0 aromatic rings. The number of aliphatic imine (C=N–C) groups is 1. The molecule has 3 amide bonds. The normalized spacial score (nSPS) is 18.4. The molecule has 2 N–H and O–H groups in total. The van der Waals surface area contributed by atoms with Crippen molar-refractivity contribution in [2.24, 2.45) is 4.99 Å². The summed E-state index contributed by atoms with van der Waals surface area (Å²) in [5, 5.41) is 4.99. The first-order valence-electron chi connectivity index (χ1n) is 7.09. The maximum absolute atomic E-state index is 11.7. The molecule has 9 nitrogen and oxygen atoms in total. The fourth-order valence-electron chi connectivity index (χ4n) is 1.32. The fourth-order valence-corrected chi connectivity index (χ4v) is 6.19. The molecular formula is C12H17N3O6S4. The molecule has 0 bridgehead atoms. The van der Waals surface area contributed by atoms with E-state index in [0.717, 1.165) is 35.3 Å². The van der Waals surface area contributed by atoms with E-state index in [4.69, 9.17) is 26.4 Å². The first-order chi connectivity index (χ1) is 11.8. The van der Waals surface area contributed by atoms with E-state index < -0.39 is 21.8 Å². The van der Waals surface area contributed by atoms with Gasteiger partial charge in [0.15, 0.2) is 0 Å². The largest absolute Gasteiger partial charge is 0.450 e. The van der Waals surface area contributed by atoms with Gasteiger partial charge in [-0.1, -0.05) is 12.2 Å². The molecule has 1 aliphatic heterocycles. The van der Waals surface area contributed by atoms with Gasteiger partial charge in [0.1, 0.15) is 8.70 Å². The Hall–Kier alpha value is -1.18. The Kier molecular flexibility index (Phi) is 9.38. The van der Waals surface area contributed by atoms with Gasteiger partial charge in [0.2, 0.25) is 3.54 Å². The maximum Gasteiger partial charge on any atom is 0.435 e. The summed E-state index contributed by atoms with van der Waals surface area (Å²) >= 11 is 8.23. The minimum absolute atomic E-state index is 0.0884. The van der Waals surface area contributed by atoms with E-state index in [2.05, 4.69) is 15.6 Å². The molecule has 1 fully saturated rings. The Balaban J connectivity index is 2.72. The van der Waals surface area contributed by atoms with Crippen LogP contribution in [0.4, 0.5) is 14.4 Å². The zero-order valence-corrected chi connectivity index (χ0v) is 16.9. The summed E-state index contributed by atoms with van der Waals surface area (Å²) in [6, 6.07) is 0. The van der Waals surface area contributed by atoms with E-state index in [1.54, 1.807) is 20.8 Å². The predicted molar refractivity (Wildman–Crippen MR) is 103 cm³/mol. The van der Waals surface area contributed by atoms with Crippen LogP contribution in [0.15, 0.2) is 4.99 Å². The summed E-state index contributed by atoms with van der Waals surface area (Å²) in [6.45, 7) is 5.60. The van der Waals surface area contributed by atoms with Crippen molar-refractivity contribution in [3.05, 3.63) is 0 Å². The fraction of sp³-hybridized carbons (Fsp3) is 0.583. The number of hydrogen-bond donors (Lipinski definition) is 2. The van der Waals surface area contributed by atoms with E-state index in [1.165, 1.54) is 0 Å². The van der Waals surface area contributed by atoms with Crippen molar-refractivity contribution >= 4 is 74.5 Å². The molecule has 0 unspecified atom stereocenters. The van der Waals surface area contributed by atoms with Crippen molar-refractivity contribution in [1.29, 1.82) is 0 Å². The molecule has 140 valence electrons. The lowest BCUT2D eigenvalue weighted by Gasteiger charge is -2.39. The number of thiocarbonyl (C=S) groups is 1. The number of carbonyl (C=O) groups is 3. The van der Waals surface area contributed by atoms with Gasteiger partial charge in [0.25, 0.3) is 0 Å². The third-order valence-electron chi connectivity index (χ3n) is 2.13. The molecule has 25 heavy (non-hydrogen) atoms. The smallest absolute Gasteiger partial charge is 0.435 e. The lowest BCUT2D eigenvalue weighted by molar-refractivity contribution is 0.152. The number of carbonyl (C=O) groups excluding carboxylic acids is 3. The van der Waals surface area contributed by atoms with E-state index in [0.29, 0.717) is 4.38 Å². The predicted octanol–water partition coefficient (Wildman–Crippen LogP) is 3.10. The van der Waals surface area contributed by atoms with Crippen LogP contribution < -0.4 is 10.6 Å². The second-order valence-corrected chi connectivity index (χ2v) is 9.25. The standard InChI is InChI=1S/C12H17N3O6S4/c1-4-19-7(16)13-10(22)23-12(15-9(18)21-6-3)24-11(25-12)14-8(17)20-5-2/h4-6H2,1-3H3,(H,15,18)(H,13,16,22). The minimum Gasteiger partial charge on any atom is -0.450 e. The highest BCUT2D eigenvalue weighted by molar-refractivity contribution is 8.63. The number of rotatable bonds is 5. The SMILES string of the molecule is CCOC(=O)N=C1SC(NC(=O)OCC)(SC(=S)NC(=O)OCC)S1. The second-order valence-electron chi connectivity index (χ2n) is 3.92. The van der Waals surface area contributed by atoms with Crippen molar-refractivity contribution in [3.63, 3.8) is 0 Å². The van der Waals surface area contributed by atoms with E-state index in [1.807, 2.05) is 0 Å². The minimum atomic E-state index is -1.02. The molecule has 1 rings (SSSR count). The van der Waals surface area contributed by atoms with E-state index in [-0.39, 0.29) is 24.1 Å². The molecule has 0 saturated carbocycles. The number of nitrogens with one attached hydrogen (secondary N) is 2. The van der Waals surface area contributed by atoms with Crippen LogP contribution in [0.5, 0.6) is 0 Å². The number of thioether (sulfide) groups is 3. The Morgan fingerprint density at radius 1 is 1.08 bits per heavy atom. The monoisotopic (exact) mass is 427 g/mol. The molecule has 0 radical (unpaired) electrons. The van der Waals surface area contributed by atoms with Crippen LogP contribution in [-0.4, -0.2) is 50.3 Å². The molecule has 0 spiro atoms. The van der Waals surface area contributed by atoms with Crippen molar-refractivity contribution in [2.45, 2.75) is 24.3 Å². The molecular weight excluding hydrogens is 410 g/mol. The Morgan fingerprint density at radius 3 is 2.20 bits per heavy atom. The van der Waals surface area contributed by atoms with Gasteiger partial charge < -0.3 is 14.2 Å². The van der Waals surface area contributed by atoms with Gasteiger partial charge in [-0.3, -0.25) is 10.6 Å². The van der Waals surface area contributed by atoms with Gasteiger partial charge in [-0.05, 0) is 56.1 Å². The Labute approximate surface area is 162 Å². The number of amides is 3. The number of hydrogen-bond acceptors (Lipinski definition) is 10. The van der Waals surface area contributed by atoms with Crippen LogP contribution in [0, 0.1) is 0 Å². The quantitative estimate of drug-likeness (QED) is 0.385. The first kappa shape index (κ1) is 21.9. The zero-order chi connectivity index (χ0) is 18.9. The highest BCUT2D eigenvalue weighted by Gasteiger charge is 2.49. The molecule has 0 atom stereocenters. The Bertz CT molecular complexity index is 563. The molecule has 1 saturated heterocycles. The molecule has 0 aliphatic carbocycles. The van der Waals surface area contributed by atoms with Gasteiger partial charge in [-0.25, -0.2) is 14.4 Å². The first-order valence-corrected chi connectivity index (χ1v) is 9.95. The van der Waals surface area contributed by atoms with Gasteiger partial charge >= 0.3 is 18.3 Å². The zero-order valence-electron chi connectivity index (χ0n) is 13.7. The molecule has 1 aliphatic rings. The summed E-state index contributed by atoms with van der Waals surface area (Å²) in [6.07, 6.45) is -2.08. The van der Waals surface area contributed by atoms with Crippen molar-refractivity contribution in [3.8, 4) is 0 Å². The average Bonchev–Trinajstić information content (AvgIpc) is 2.45. The van der Waals surface area contributed by atoms with E-state index in [9.17, 15) is 14.4 Å². The number of alkyl carbamates (subject to hydrolysis) is 2. The van der Waals surface area contributed by atoms with Crippen LogP contribution in [0.1, 0.15) is 20.8 Å².